The number of nitriles is 1. The van der Waals surface area contributed by atoms with Gasteiger partial charge in [-0.25, -0.2) is 4.18 Å². The Kier molecular flexibility index (Phi) is 4.91. The minimum Gasteiger partial charge on any atom is -0.244 e. The molecule has 0 aliphatic rings. The van der Waals surface area contributed by atoms with E-state index < -0.39 is 21.7 Å². The summed E-state index contributed by atoms with van der Waals surface area (Å²) >= 11 is 0. The van der Waals surface area contributed by atoms with Crippen molar-refractivity contribution in [1.29, 1.82) is 5.26 Å². The SMILES string of the molecule is N#C[C@@H](CCc1ccccc1)OS(=O)(=O)C(F)(F)F. The lowest BCUT2D eigenvalue weighted by Crippen LogP contribution is -2.29. The molecule has 0 heterocycles. The van der Waals surface area contributed by atoms with Gasteiger partial charge in [0.05, 0.1) is 6.07 Å². The number of halogens is 3. The van der Waals surface area contributed by atoms with E-state index in [1.54, 1.807) is 30.3 Å². The summed E-state index contributed by atoms with van der Waals surface area (Å²) in [6, 6.07) is 10.0. The average Bonchev–Trinajstić information content (AvgIpc) is 2.34. The molecule has 0 aliphatic heterocycles. The molecule has 0 aromatic heterocycles. The zero-order valence-electron chi connectivity index (χ0n) is 9.59. The van der Waals surface area contributed by atoms with E-state index in [4.69, 9.17) is 5.26 Å². The summed E-state index contributed by atoms with van der Waals surface area (Å²) in [5, 5.41) is 8.63. The van der Waals surface area contributed by atoms with E-state index in [1.165, 1.54) is 6.07 Å². The van der Waals surface area contributed by atoms with Crippen molar-refractivity contribution >= 4 is 10.1 Å². The molecule has 0 aliphatic carbocycles. The molecule has 0 fully saturated rings. The Morgan fingerprint density at radius 1 is 1.26 bits per heavy atom. The molecule has 1 rings (SSSR count). The van der Waals surface area contributed by atoms with Crippen LogP contribution in [-0.4, -0.2) is 20.0 Å². The third kappa shape index (κ3) is 4.54. The van der Waals surface area contributed by atoms with E-state index in [-0.39, 0.29) is 12.8 Å². The van der Waals surface area contributed by atoms with Crippen LogP contribution in [0, 0.1) is 11.3 Å². The fraction of sp³-hybridized carbons (Fsp3) is 0.364. The number of alkyl halides is 3. The molecule has 0 spiro atoms. The van der Waals surface area contributed by atoms with Crippen LogP contribution in [0.2, 0.25) is 0 Å². The fourth-order valence-electron chi connectivity index (χ4n) is 1.28. The maximum absolute atomic E-state index is 12.1. The molecule has 1 aromatic carbocycles. The first-order valence-corrected chi connectivity index (χ1v) is 6.60. The molecule has 0 radical (unpaired) electrons. The third-order valence-electron chi connectivity index (χ3n) is 2.21. The van der Waals surface area contributed by atoms with E-state index in [0.717, 1.165) is 5.56 Å². The van der Waals surface area contributed by atoms with Crippen LogP contribution in [0.5, 0.6) is 0 Å². The fourth-order valence-corrected chi connectivity index (χ4v) is 1.84. The lowest BCUT2D eigenvalue weighted by Gasteiger charge is -2.12. The highest BCUT2D eigenvalue weighted by atomic mass is 32.2. The van der Waals surface area contributed by atoms with Crippen molar-refractivity contribution in [3.63, 3.8) is 0 Å². The number of hydrogen-bond acceptors (Lipinski definition) is 4. The highest BCUT2D eigenvalue weighted by molar-refractivity contribution is 7.87. The van der Waals surface area contributed by atoms with E-state index in [1.807, 2.05) is 0 Å². The second kappa shape index (κ2) is 6.04. The van der Waals surface area contributed by atoms with Gasteiger partial charge in [-0.15, -0.1) is 0 Å². The maximum atomic E-state index is 12.1. The van der Waals surface area contributed by atoms with E-state index in [2.05, 4.69) is 4.18 Å². The molecular formula is C11H10F3NO3S. The highest BCUT2D eigenvalue weighted by Gasteiger charge is 2.48. The topological polar surface area (TPSA) is 67.2 Å². The molecule has 104 valence electrons. The molecule has 0 saturated heterocycles. The first-order chi connectivity index (χ1) is 8.76. The number of nitrogens with zero attached hydrogens (tertiary/aromatic N) is 1. The summed E-state index contributed by atoms with van der Waals surface area (Å²) < 4.78 is 61.5. The van der Waals surface area contributed by atoms with Gasteiger partial charge in [0.25, 0.3) is 0 Å². The molecule has 0 saturated carbocycles. The first kappa shape index (κ1) is 15.5. The van der Waals surface area contributed by atoms with Crippen molar-refractivity contribution in [1.82, 2.24) is 0 Å². The number of rotatable bonds is 5. The molecule has 1 atom stereocenters. The van der Waals surface area contributed by atoms with Gasteiger partial charge in [-0.1, -0.05) is 30.3 Å². The van der Waals surface area contributed by atoms with Crippen molar-refractivity contribution in [2.24, 2.45) is 0 Å². The summed E-state index contributed by atoms with van der Waals surface area (Å²) in [4.78, 5) is 0. The quantitative estimate of drug-likeness (QED) is 0.617. The Morgan fingerprint density at radius 2 is 1.84 bits per heavy atom. The summed E-state index contributed by atoms with van der Waals surface area (Å²) in [5.74, 6) is 0. The average molecular weight is 293 g/mol. The van der Waals surface area contributed by atoms with Crippen LogP contribution in [0.15, 0.2) is 30.3 Å². The molecule has 1 aromatic rings. The van der Waals surface area contributed by atoms with E-state index in [9.17, 15) is 21.6 Å². The summed E-state index contributed by atoms with van der Waals surface area (Å²) in [5.41, 5.74) is -4.75. The largest absolute Gasteiger partial charge is 0.523 e. The maximum Gasteiger partial charge on any atom is 0.523 e. The van der Waals surface area contributed by atoms with Crippen molar-refractivity contribution in [3.05, 3.63) is 35.9 Å². The van der Waals surface area contributed by atoms with Gasteiger partial charge < -0.3 is 0 Å². The lowest BCUT2D eigenvalue weighted by atomic mass is 10.1. The van der Waals surface area contributed by atoms with E-state index >= 15 is 0 Å². The van der Waals surface area contributed by atoms with Gasteiger partial charge >= 0.3 is 15.6 Å². The Labute approximate surface area is 108 Å². The van der Waals surface area contributed by atoms with Crippen LogP contribution in [0.4, 0.5) is 13.2 Å². The first-order valence-electron chi connectivity index (χ1n) is 5.19. The normalized spacial score (nSPS) is 13.8. The summed E-state index contributed by atoms with van der Waals surface area (Å²) in [6.45, 7) is 0. The van der Waals surface area contributed by atoms with Gasteiger partial charge in [-0.05, 0) is 18.4 Å². The van der Waals surface area contributed by atoms with Gasteiger partial charge in [0.1, 0.15) is 0 Å². The van der Waals surface area contributed by atoms with Crippen LogP contribution < -0.4 is 0 Å². The van der Waals surface area contributed by atoms with Gasteiger partial charge in [-0.3, -0.25) is 0 Å². The van der Waals surface area contributed by atoms with Crippen molar-refractivity contribution in [2.45, 2.75) is 24.5 Å². The lowest BCUT2D eigenvalue weighted by molar-refractivity contribution is -0.0559. The molecular weight excluding hydrogens is 283 g/mol. The zero-order chi connectivity index (χ0) is 14.5. The predicted octanol–water partition coefficient (Wildman–Crippen LogP) is 2.38. The number of benzene rings is 1. The van der Waals surface area contributed by atoms with Crippen molar-refractivity contribution < 1.29 is 25.8 Å². The Bertz CT molecular complexity index is 549. The minimum absolute atomic E-state index is 0.143. The molecule has 4 nitrogen and oxygen atoms in total. The number of aryl methyl sites for hydroxylation is 1. The van der Waals surface area contributed by atoms with Crippen LogP contribution in [-0.2, 0) is 20.7 Å². The second-order valence-electron chi connectivity index (χ2n) is 3.64. The van der Waals surface area contributed by atoms with Gasteiger partial charge in [0.2, 0.25) is 0 Å². The van der Waals surface area contributed by atoms with Crippen LogP contribution in [0.25, 0.3) is 0 Å². The van der Waals surface area contributed by atoms with Gasteiger partial charge in [0.15, 0.2) is 6.10 Å². The van der Waals surface area contributed by atoms with Crippen LogP contribution in [0.1, 0.15) is 12.0 Å². The highest BCUT2D eigenvalue weighted by Crippen LogP contribution is 2.26. The molecule has 0 amide bonds. The Balaban J connectivity index is 2.64. The third-order valence-corrected chi connectivity index (χ3v) is 3.26. The summed E-state index contributed by atoms with van der Waals surface area (Å²) in [7, 11) is -5.74. The van der Waals surface area contributed by atoms with Gasteiger partial charge in [0, 0.05) is 0 Å². The smallest absolute Gasteiger partial charge is 0.244 e. The Hall–Kier alpha value is -1.59. The Morgan fingerprint density at radius 3 is 2.32 bits per heavy atom. The molecule has 0 N–H and O–H groups in total. The van der Waals surface area contributed by atoms with Crippen LogP contribution in [0.3, 0.4) is 0 Å². The number of hydrogen-bond donors (Lipinski definition) is 0. The molecule has 8 heteroatoms. The molecule has 0 unspecified atom stereocenters. The monoisotopic (exact) mass is 293 g/mol. The zero-order valence-corrected chi connectivity index (χ0v) is 10.4. The van der Waals surface area contributed by atoms with Crippen molar-refractivity contribution in [2.75, 3.05) is 0 Å². The predicted molar refractivity (Wildman–Crippen MR) is 60.2 cm³/mol. The van der Waals surface area contributed by atoms with Crippen LogP contribution >= 0.6 is 0 Å². The standard InChI is InChI=1S/C11H10F3NO3S/c12-11(13,14)19(16,17)18-10(8-15)7-6-9-4-2-1-3-5-9/h1-5,10H,6-7H2/t10-/m1/s1. The van der Waals surface area contributed by atoms with E-state index in [0.29, 0.717) is 0 Å². The second-order valence-corrected chi connectivity index (χ2v) is 5.20. The van der Waals surface area contributed by atoms with Gasteiger partial charge in [-0.2, -0.15) is 26.9 Å². The molecule has 0 bridgehead atoms. The molecule has 19 heavy (non-hydrogen) atoms. The summed E-state index contributed by atoms with van der Waals surface area (Å²) in [6.07, 6.45) is -1.56. The minimum atomic E-state index is -5.74. The van der Waals surface area contributed by atoms with Crippen molar-refractivity contribution in [3.8, 4) is 6.07 Å².